The Morgan fingerprint density at radius 3 is 2.16 bits per heavy atom. The van der Waals surface area contributed by atoms with Gasteiger partial charge in [0.05, 0.1) is 0 Å². The summed E-state index contributed by atoms with van der Waals surface area (Å²) >= 11 is 0. The van der Waals surface area contributed by atoms with Crippen LogP contribution in [0.1, 0.15) is 89.5 Å². The first-order chi connectivity index (χ1) is 12.2. The van der Waals surface area contributed by atoms with Gasteiger partial charge in [-0.25, -0.2) is 4.39 Å². The molecule has 2 rings (SSSR count). The molecular weight excluding hydrogens is 311 g/mol. The number of halogens is 1. The van der Waals surface area contributed by atoms with Gasteiger partial charge in [0.15, 0.2) is 0 Å². The molecule has 0 amide bonds. The standard InChI is InChI=1S/C23H37FO/c1-2-3-4-5-6-7-19-8-10-20(11-9-19)12-15-22(24)18-21-13-16-23(25)17-14-21/h13-14,16-17,19-20,22,25H,2-12,15,18H2,1H3. The first kappa shape index (κ1) is 20.3. The van der Waals surface area contributed by atoms with Gasteiger partial charge in [-0.3, -0.25) is 0 Å². The van der Waals surface area contributed by atoms with E-state index in [9.17, 15) is 9.50 Å². The molecule has 0 radical (unpaired) electrons. The molecule has 1 aromatic rings. The average molecular weight is 349 g/mol. The fourth-order valence-electron chi connectivity index (χ4n) is 4.25. The lowest BCUT2D eigenvalue weighted by molar-refractivity contribution is 0.220. The van der Waals surface area contributed by atoms with E-state index >= 15 is 0 Å². The Labute approximate surface area is 154 Å². The molecule has 0 spiro atoms. The van der Waals surface area contributed by atoms with E-state index in [1.54, 1.807) is 12.1 Å². The summed E-state index contributed by atoms with van der Waals surface area (Å²) in [6.07, 6.45) is 15.2. The summed E-state index contributed by atoms with van der Waals surface area (Å²) < 4.78 is 14.2. The minimum absolute atomic E-state index is 0.251. The van der Waals surface area contributed by atoms with Crippen LogP contribution in [0.4, 0.5) is 4.39 Å². The van der Waals surface area contributed by atoms with Crippen molar-refractivity contribution >= 4 is 0 Å². The number of phenols is 1. The zero-order chi connectivity index (χ0) is 17.9. The third-order valence-corrected chi connectivity index (χ3v) is 5.96. The number of phenolic OH excluding ortho intramolecular Hbond substituents is 1. The van der Waals surface area contributed by atoms with Crippen molar-refractivity contribution in [1.82, 2.24) is 0 Å². The molecule has 0 saturated heterocycles. The van der Waals surface area contributed by atoms with Gasteiger partial charge in [-0.2, -0.15) is 0 Å². The maximum absolute atomic E-state index is 14.2. The summed E-state index contributed by atoms with van der Waals surface area (Å²) in [4.78, 5) is 0. The van der Waals surface area contributed by atoms with Crippen LogP contribution in [-0.4, -0.2) is 11.3 Å². The van der Waals surface area contributed by atoms with Crippen molar-refractivity contribution in [2.45, 2.75) is 96.6 Å². The second-order valence-corrected chi connectivity index (χ2v) is 8.13. The fraction of sp³-hybridized carbons (Fsp3) is 0.739. The molecule has 142 valence electrons. The molecule has 1 atom stereocenters. The number of alkyl halides is 1. The Bertz CT molecular complexity index is 448. The summed E-state index contributed by atoms with van der Waals surface area (Å²) in [6, 6.07) is 6.94. The van der Waals surface area contributed by atoms with E-state index in [0.717, 1.165) is 23.8 Å². The van der Waals surface area contributed by atoms with Gasteiger partial charge in [-0.05, 0) is 42.4 Å². The molecule has 1 aliphatic carbocycles. The Hall–Kier alpha value is -1.05. The van der Waals surface area contributed by atoms with E-state index in [1.165, 1.54) is 64.2 Å². The topological polar surface area (TPSA) is 20.2 Å². The lowest BCUT2D eigenvalue weighted by atomic mass is 9.77. The second kappa shape index (κ2) is 11.5. The normalized spacial score (nSPS) is 22.0. The van der Waals surface area contributed by atoms with E-state index < -0.39 is 6.17 Å². The monoisotopic (exact) mass is 348 g/mol. The van der Waals surface area contributed by atoms with Crippen molar-refractivity contribution in [2.24, 2.45) is 11.8 Å². The van der Waals surface area contributed by atoms with Crippen molar-refractivity contribution in [3.05, 3.63) is 29.8 Å². The SMILES string of the molecule is CCCCCCCC1CCC(CCC(F)Cc2ccc(O)cc2)CC1. The third kappa shape index (κ3) is 8.25. The fourth-order valence-corrected chi connectivity index (χ4v) is 4.25. The summed E-state index contributed by atoms with van der Waals surface area (Å²) in [7, 11) is 0. The van der Waals surface area contributed by atoms with Crippen molar-refractivity contribution in [3.63, 3.8) is 0 Å². The zero-order valence-corrected chi connectivity index (χ0v) is 16.1. The smallest absolute Gasteiger partial charge is 0.115 e. The first-order valence-corrected chi connectivity index (χ1v) is 10.6. The van der Waals surface area contributed by atoms with Crippen LogP contribution in [0.5, 0.6) is 5.75 Å². The molecule has 1 fully saturated rings. The van der Waals surface area contributed by atoms with Gasteiger partial charge in [0.2, 0.25) is 0 Å². The number of hydrogen-bond donors (Lipinski definition) is 1. The molecule has 1 N–H and O–H groups in total. The Morgan fingerprint density at radius 2 is 1.52 bits per heavy atom. The lowest BCUT2D eigenvalue weighted by Crippen LogP contribution is -2.16. The Morgan fingerprint density at radius 1 is 0.920 bits per heavy atom. The van der Waals surface area contributed by atoms with E-state index in [2.05, 4.69) is 6.92 Å². The summed E-state index contributed by atoms with van der Waals surface area (Å²) in [5.74, 6) is 1.94. The quantitative estimate of drug-likeness (QED) is 0.418. The molecule has 2 heteroatoms. The van der Waals surface area contributed by atoms with Crippen LogP contribution in [0.3, 0.4) is 0 Å². The highest BCUT2D eigenvalue weighted by atomic mass is 19.1. The number of hydrogen-bond acceptors (Lipinski definition) is 1. The molecule has 0 aromatic heterocycles. The Balaban J connectivity index is 1.55. The predicted octanol–water partition coefficient (Wildman–Crippen LogP) is 7.22. The van der Waals surface area contributed by atoms with Crippen LogP contribution in [0.25, 0.3) is 0 Å². The minimum atomic E-state index is -0.749. The highest BCUT2D eigenvalue weighted by Gasteiger charge is 2.21. The summed E-state index contributed by atoms with van der Waals surface area (Å²) in [6.45, 7) is 2.27. The van der Waals surface area contributed by atoms with E-state index in [0.29, 0.717) is 12.8 Å². The number of rotatable bonds is 11. The van der Waals surface area contributed by atoms with Crippen LogP contribution < -0.4 is 0 Å². The van der Waals surface area contributed by atoms with E-state index in [-0.39, 0.29) is 5.75 Å². The zero-order valence-electron chi connectivity index (χ0n) is 16.1. The highest BCUT2D eigenvalue weighted by Crippen LogP contribution is 2.35. The van der Waals surface area contributed by atoms with Gasteiger partial charge in [0.1, 0.15) is 11.9 Å². The molecule has 25 heavy (non-hydrogen) atoms. The van der Waals surface area contributed by atoms with E-state index in [1.807, 2.05) is 12.1 Å². The molecular formula is C23H37FO. The van der Waals surface area contributed by atoms with Gasteiger partial charge in [0.25, 0.3) is 0 Å². The first-order valence-electron chi connectivity index (χ1n) is 10.6. The molecule has 1 aromatic carbocycles. The predicted molar refractivity (Wildman–Crippen MR) is 105 cm³/mol. The van der Waals surface area contributed by atoms with Crippen LogP contribution in [-0.2, 0) is 6.42 Å². The van der Waals surface area contributed by atoms with Crippen LogP contribution in [0, 0.1) is 11.8 Å². The second-order valence-electron chi connectivity index (χ2n) is 8.13. The molecule has 1 aliphatic rings. The number of unbranched alkanes of at least 4 members (excludes halogenated alkanes) is 4. The van der Waals surface area contributed by atoms with Crippen LogP contribution in [0.15, 0.2) is 24.3 Å². The highest BCUT2D eigenvalue weighted by molar-refractivity contribution is 5.26. The molecule has 0 bridgehead atoms. The van der Waals surface area contributed by atoms with Gasteiger partial charge in [-0.1, -0.05) is 83.3 Å². The summed E-state index contributed by atoms with van der Waals surface area (Å²) in [5, 5.41) is 9.28. The molecule has 0 aliphatic heterocycles. The summed E-state index contributed by atoms with van der Waals surface area (Å²) in [5.41, 5.74) is 0.983. The third-order valence-electron chi connectivity index (χ3n) is 5.96. The largest absolute Gasteiger partial charge is 0.508 e. The Kier molecular flexibility index (Phi) is 9.36. The van der Waals surface area contributed by atoms with Gasteiger partial charge >= 0.3 is 0 Å². The van der Waals surface area contributed by atoms with Crippen molar-refractivity contribution in [3.8, 4) is 5.75 Å². The van der Waals surface area contributed by atoms with Crippen LogP contribution >= 0.6 is 0 Å². The molecule has 0 heterocycles. The molecule has 1 nitrogen and oxygen atoms in total. The van der Waals surface area contributed by atoms with Gasteiger partial charge in [0, 0.05) is 6.42 Å². The number of aromatic hydroxyl groups is 1. The number of benzene rings is 1. The minimum Gasteiger partial charge on any atom is -0.508 e. The van der Waals surface area contributed by atoms with Crippen molar-refractivity contribution in [2.75, 3.05) is 0 Å². The maximum Gasteiger partial charge on any atom is 0.115 e. The van der Waals surface area contributed by atoms with E-state index in [4.69, 9.17) is 0 Å². The molecule has 1 saturated carbocycles. The average Bonchev–Trinajstić information content (AvgIpc) is 2.63. The maximum atomic E-state index is 14.2. The van der Waals surface area contributed by atoms with Gasteiger partial charge < -0.3 is 5.11 Å². The van der Waals surface area contributed by atoms with Crippen LogP contribution in [0.2, 0.25) is 0 Å². The van der Waals surface area contributed by atoms with Crippen molar-refractivity contribution < 1.29 is 9.50 Å². The molecule has 1 unspecified atom stereocenters. The lowest BCUT2D eigenvalue weighted by Gasteiger charge is -2.29. The van der Waals surface area contributed by atoms with Gasteiger partial charge in [-0.15, -0.1) is 0 Å². The van der Waals surface area contributed by atoms with Crippen molar-refractivity contribution in [1.29, 1.82) is 0 Å².